The smallest absolute Gasteiger partial charge is 0.345 e. The minimum atomic E-state index is -0.915. The maximum Gasteiger partial charge on any atom is 0.345 e. The fourth-order valence-corrected chi connectivity index (χ4v) is 3.62. The number of fused-ring (bicyclic) bond motifs is 2. The monoisotopic (exact) mass is 323 g/mol. The highest BCUT2D eigenvalue weighted by Gasteiger charge is 2.12. The Bertz CT molecular complexity index is 1040. The van der Waals surface area contributed by atoms with Crippen LogP contribution in [0.5, 0.6) is 11.5 Å². The number of aromatic nitrogens is 1. The Morgan fingerprint density at radius 1 is 1.13 bits per heavy atom. The Morgan fingerprint density at radius 2 is 2.00 bits per heavy atom. The predicted molar refractivity (Wildman–Crippen MR) is 91.9 cm³/mol. The summed E-state index contributed by atoms with van der Waals surface area (Å²) in [6, 6.07) is 15.2. The van der Waals surface area contributed by atoms with Crippen molar-refractivity contribution in [1.82, 2.24) is 4.98 Å². The van der Waals surface area contributed by atoms with Crippen LogP contribution in [0.3, 0.4) is 0 Å². The fourth-order valence-electron chi connectivity index (χ4n) is 2.67. The number of thiophene rings is 1. The summed E-state index contributed by atoms with van der Waals surface area (Å²) in [6.45, 7) is 2.01. The molecule has 0 saturated carbocycles. The number of aryl methyl sites for hydroxylation is 1. The number of rotatable bonds is 3. The Kier molecular flexibility index (Phi) is 3.09. The maximum absolute atomic E-state index is 11.2. The molecular formula is C18H13NO3S. The largest absolute Gasteiger partial charge is 0.477 e. The highest BCUT2D eigenvalue weighted by atomic mass is 32.1. The van der Waals surface area contributed by atoms with Crippen LogP contribution in [0.15, 0.2) is 48.5 Å². The molecule has 2 aromatic carbocycles. The first-order valence-electron chi connectivity index (χ1n) is 7.13. The molecule has 0 fully saturated rings. The van der Waals surface area contributed by atoms with Gasteiger partial charge in [0.1, 0.15) is 16.4 Å². The van der Waals surface area contributed by atoms with E-state index in [1.165, 1.54) is 11.3 Å². The number of hydrogen-bond acceptors (Lipinski definition) is 3. The van der Waals surface area contributed by atoms with Crippen molar-refractivity contribution in [3.05, 3.63) is 59.1 Å². The van der Waals surface area contributed by atoms with Crippen molar-refractivity contribution in [2.75, 3.05) is 0 Å². The standard InChI is InChI=1S/C18H13NO3S/c1-10-7-12-8-13(5-6-14(12)19-10)22-15-4-2-3-11-9-16(18(20)21)23-17(11)15/h2-9,19H,1H3,(H,20,21). The minimum absolute atomic E-state index is 0.313. The van der Waals surface area contributed by atoms with Crippen LogP contribution in [0.4, 0.5) is 0 Å². The second-order valence-corrected chi connectivity index (χ2v) is 6.45. The number of ether oxygens (including phenoxy) is 1. The number of carboxylic acid groups (broad SMARTS) is 1. The van der Waals surface area contributed by atoms with Gasteiger partial charge in [-0.3, -0.25) is 0 Å². The van der Waals surface area contributed by atoms with Gasteiger partial charge in [0, 0.05) is 16.6 Å². The van der Waals surface area contributed by atoms with Gasteiger partial charge in [0.25, 0.3) is 0 Å². The Labute approximate surface area is 136 Å². The van der Waals surface area contributed by atoms with Gasteiger partial charge in [-0.25, -0.2) is 4.79 Å². The van der Waals surface area contributed by atoms with Crippen LogP contribution in [0.2, 0.25) is 0 Å². The Morgan fingerprint density at radius 3 is 2.83 bits per heavy atom. The lowest BCUT2D eigenvalue weighted by atomic mass is 10.2. The third-order valence-corrected chi connectivity index (χ3v) is 4.83. The van der Waals surface area contributed by atoms with E-state index < -0.39 is 5.97 Å². The van der Waals surface area contributed by atoms with E-state index in [4.69, 9.17) is 9.84 Å². The molecule has 0 saturated heterocycles. The topological polar surface area (TPSA) is 62.3 Å². The molecule has 4 aromatic rings. The van der Waals surface area contributed by atoms with E-state index >= 15 is 0 Å². The summed E-state index contributed by atoms with van der Waals surface area (Å²) in [5.74, 6) is 0.488. The molecule has 0 unspecified atom stereocenters. The summed E-state index contributed by atoms with van der Waals surface area (Å²) < 4.78 is 6.85. The molecule has 4 rings (SSSR count). The third kappa shape index (κ3) is 2.45. The molecule has 0 radical (unpaired) electrons. The number of H-pyrrole nitrogens is 1. The van der Waals surface area contributed by atoms with Crippen molar-refractivity contribution in [3.8, 4) is 11.5 Å². The van der Waals surface area contributed by atoms with Gasteiger partial charge in [0.2, 0.25) is 0 Å². The molecule has 0 bridgehead atoms. The Hall–Kier alpha value is -2.79. The summed E-state index contributed by atoms with van der Waals surface area (Å²) in [5.41, 5.74) is 2.17. The number of hydrogen-bond donors (Lipinski definition) is 2. The molecule has 4 nitrogen and oxygen atoms in total. The van der Waals surface area contributed by atoms with Crippen LogP contribution in [0.1, 0.15) is 15.4 Å². The van der Waals surface area contributed by atoms with Gasteiger partial charge < -0.3 is 14.8 Å². The lowest BCUT2D eigenvalue weighted by Crippen LogP contribution is -1.89. The highest BCUT2D eigenvalue weighted by molar-refractivity contribution is 7.21. The van der Waals surface area contributed by atoms with E-state index in [2.05, 4.69) is 11.1 Å². The molecule has 23 heavy (non-hydrogen) atoms. The maximum atomic E-state index is 11.2. The van der Waals surface area contributed by atoms with Gasteiger partial charge in [0.05, 0.1) is 4.70 Å². The number of nitrogens with one attached hydrogen (secondary N) is 1. The second kappa shape index (κ2) is 5.14. The van der Waals surface area contributed by atoms with E-state index in [9.17, 15) is 4.79 Å². The SMILES string of the molecule is Cc1cc2cc(Oc3cccc4cc(C(=O)O)sc34)ccc2[nH]1. The lowest BCUT2D eigenvalue weighted by molar-refractivity contribution is 0.0702. The zero-order valence-corrected chi connectivity index (χ0v) is 13.1. The van der Waals surface area contributed by atoms with Crippen LogP contribution >= 0.6 is 11.3 Å². The zero-order valence-electron chi connectivity index (χ0n) is 12.3. The van der Waals surface area contributed by atoms with Crippen molar-refractivity contribution >= 4 is 38.3 Å². The van der Waals surface area contributed by atoms with Gasteiger partial charge in [-0.1, -0.05) is 12.1 Å². The summed E-state index contributed by atoms with van der Waals surface area (Å²) in [4.78, 5) is 14.7. The van der Waals surface area contributed by atoms with E-state index in [1.54, 1.807) is 6.07 Å². The molecule has 0 spiro atoms. The van der Waals surface area contributed by atoms with Gasteiger partial charge in [0.15, 0.2) is 0 Å². The first kappa shape index (κ1) is 13.8. The average Bonchev–Trinajstić information content (AvgIpc) is 3.10. The zero-order chi connectivity index (χ0) is 16.0. The average molecular weight is 323 g/mol. The molecule has 2 aromatic heterocycles. The third-order valence-electron chi connectivity index (χ3n) is 3.67. The van der Waals surface area contributed by atoms with Crippen LogP contribution in [-0.2, 0) is 0 Å². The minimum Gasteiger partial charge on any atom is -0.477 e. The lowest BCUT2D eigenvalue weighted by Gasteiger charge is -2.06. The highest BCUT2D eigenvalue weighted by Crippen LogP contribution is 2.36. The van der Waals surface area contributed by atoms with Crippen LogP contribution < -0.4 is 4.74 Å². The van der Waals surface area contributed by atoms with Crippen LogP contribution in [0.25, 0.3) is 21.0 Å². The molecule has 2 heterocycles. The predicted octanol–water partition coefficient (Wildman–Crippen LogP) is 5.18. The molecule has 2 N–H and O–H groups in total. The van der Waals surface area contributed by atoms with Crippen molar-refractivity contribution < 1.29 is 14.6 Å². The number of carbonyl (C=O) groups is 1. The summed E-state index contributed by atoms with van der Waals surface area (Å²) in [6.07, 6.45) is 0. The Balaban J connectivity index is 1.77. The fraction of sp³-hybridized carbons (Fsp3) is 0.0556. The number of aromatic amines is 1. The molecule has 0 amide bonds. The summed E-state index contributed by atoms with van der Waals surface area (Å²) >= 11 is 1.23. The van der Waals surface area contributed by atoms with Crippen LogP contribution in [0, 0.1) is 6.92 Å². The molecule has 5 heteroatoms. The summed E-state index contributed by atoms with van der Waals surface area (Å²) in [7, 11) is 0. The van der Waals surface area contributed by atoms with Crippen molar-refractivity contribution in [2.24, 2.45) is 0 Å². The van der Waals surface area contributed by atoms with Crippen molar-refractivity contribution in [3.63, 3.8) is 0 Å². The van der Waals surface area contributed by atoms with Gasteiger partial charge >= 0.3 is 5.97 Å². The van der Waals surface area contributed by atoms with Gasteiger partial charge in [-0.15, -0.1) is 11.3 Å². The van der Waals surface area contributed by atoms with E-state index in [-0.39, 0.29) is 0 Å². The first-order chi connectivity index (χ1) is 11.1. The van der Waals surface area contributed by atoms with Gasteiger partial charge in [-0.2, -0.15) is 0 Å². The summed E-state index contributed by atoms with van der Waals surface area (Å²) in [5, 5.41) is 11.1. The van der Waals surface area contributed by atoms with Crippen molar-refractivity contribution in [2.45, 2.75) is 6.92 Å². The molecule has 0 aliphatic carbocycles. The normalized spacial score (nSPS) is 11.2. The molecule has 0 aliphatic rings. The van der Waals surface area contributed by atoms with Crippen molar-refractivity contribution in [1.29, 1.82) is 0 Å². The van der Waals surface area contributed by atoms with E-state index in [0.29, 0.717) is 10.6 Å². The van der Waals surface area contributed by atoms with E-state index in [1.807, 2.05) is 43.3 Å². The number of benzene rings is 2. The van der Waals surface area contributed by atoms with Crippen LogP contribution in [-0.4, -0.2) is 16.1 Å². The molecule has 0 aliphatic heterocycles. The molecule has 114 valence electrons. The molecular weight excluding hydrogens is 310 g/mol. The molecule has 0 atom stereocenters. The second-order valence-electron chi connectivity index (χ2n) is 5.39. The van der Waals surface area contributed by atoms with Gasteiger partial charge in [-0.05, 0) is 48.7 Å². The number of carboxylic acids is 1. The van der Waals surface area contributed by atoms with E-state index in [0.717, 1.165) is 32.4 Å². The quantitative estimate of drug-likeness (QED) is 0.546. The first-order valence-corrected chi connectivity index (χ1v) is 7.95. The number of aromatic carboxylic acids is 1.